The summed E-state index contributed by atoms with van der Waals surface area (Å²) >= 11 is 0. The first-order valence-electron chi connectivity index (χ1n) is 2.12. The van der Waals surface area contributed by atoms with Crippen LogP contribution in [0.15, 0.2) is 18.2 Å². The number of rotatable bonds is 0. The van der Waals surface area contributed by atoms with Crippen LogP contribution in [0.25, 0.3) is 0 Å². The summed E-state index contributed by atoms with van der Waals surface area (Å²) in [6.45, 7) is 0. The molecule has 1 aromatic rings. The van der Waals surface area contributed by atoms with Crippen molar-refractivity contribution in [3.8, 4) is 0 Å². The van der Waals surface area contributed by atoms with Crippen LogP contribution < -0.4 is 17.0 Å². The van der Waals surface area contributed by atoms with Gasteiger partial charge in [0.2, 0.25) is 0 Å². The molecule has 0 unspecified atom stereocenters. The van der Waals surface area contributed by atoms with Gasteiger partial charge in [-0.15, -0.1) is 12.1 Å². The van der Waals surface area contributed by atoms with Crippen LogP contribution in [0.4, 0.5) is 8.78 Å². The fraction of sp³-hybridized carbons (Fsp3) is 0. The monoisotopic (exact) mass is 256 g/mol. The largest absolute Gasteiger partial charge is 2.00 e. The molecule has 0 aliphatic rings. The van der Waals surface area contributed by atoms with E-state index in [1.54, 1.807) is 0 Å². The molecule has 0 heterocycles. The molecule has 0 spiro atoms. The third-order valence-corrected chi connectivity index (χ3v) is 0.764. The van der Waals surface area contributed by atoms with Gasteiger partial charge in [-0.05, 0) is 0 Å². The third-order valence-electron chi connectivity index (χ3n) is 0.764. The molecule has 0 amide bonds. The van der Waals surface area contributed by atoms with E-state index in [4.69, 9.17) is 0 Å². The topological polar surface area (TPSA) is 0 Å². The van der Waals surface area contributed by atoms with Crippen LogP contribution in [0.2, 0.25) is 0 Å². The van der Waals surface area contributed by atoms with Crippen molar-refractivity contribution in [1.82, 2.24) is 0 Å². The number of hydrogen-bond donors (Lipinski definition) is 0. The van der Waals surface area contributed by atoms with Crippen LogP contribution in [0.3, 0.4) is 0 Å². The molecule has 0 aliphatic carbocycles. The standard InChI is InChI=1S/C6H3F2.BrH.Zn/c7-5-3-1-2-4-6(5)8;;/h1,3-4H;1H;/q-1;;+2/p-1. The van der Waals surface area contributed by atoms with Crippen LogP contribution >= 0.6 is 0 Å². The fourth-order valence-corrected chi connectivity index (χ4v) is 0.391. The summed E-state index contributed by atoms with van der Waals surface area (Å²) in [5.74, 6) is -1.68. The molecule has 1 rings (SSSR count). The Morgan fingerprint density at radius 3 is 2.10 bits per heavy atom. The van der Waals surface area contributed by atoms with Gasteiger partial charge in [-0.1, -0.05) is 0 Å². The molecule has 4 heteroatoms. The van der Waals surface area contributed by atoms with Crippen LogP contribution in [-0.2, 0) is 19.5 Å². The summed E-state index contributed by atoms with van der Waals surface area (Å²) in [7, 11) is 0. The van der Waals surface area contributed by atoms with Crippen molar-refractivity contribution < 1.29 is 45.2 Å². The van der Waals surface area contributed by atoms with Gasteiger partial charge in [0.15, 0.2) is 0 Å². The van der Waals surface area contributed by atoms with Gasteiger partial charge in [-0.25, -0.2) is 4.39 Å². The summed E-state index contributed by atoms with van der Waals surface area (Å²) in [6, 6.07) is 5.68. The van der Waals surface area contributed by atoms with Gasteiger partial charge in [0, 0.05) is 11.6 Å². The average molecular weight is 258 g/mol. The molecular formula is C6H3BrF2Zn. The average Bonchev–Trinajstić information content (AvgIpc) is 1.77. The number of hydrogen-bond acceptors (Lipinski definition) is 0. The minimum atomic E-state index is -0.854. The Kier molecular flexibility index (Phi) is 7.61. The van der Waals surface area contributed by atoms with Crippen molar-refractivity contribution in [3.05, 3.63) is 35.9 Å². The quantitative estimate of drug-likeness (QED) is 0.404. The van der Waals surface area contributed by atoms with Gasteiger partial charge in [-0.2, -0.15) is 12.1 Å². The van der Waals surface area contributed by atoms with Crippen LogP contribution in [0, 0.1) is 17.7 Å². The zero-order chi connectivity index (χ0) is 5.98. The predicted molar refractivity (Wildman–Crippen MR) is 25.2 cm³/mol. The summed E-state index contributed by atoms with van der Waals surface area (Å²) in [4.78, 5) is 0. The van der Waals surface area contributed by atoms with E-state index in [-0.39, 0.29) is 36.5 Å². The van der Waals surface area contributed by atoms with Crippen molar-refractivity contribution in [2.24, 2.45) is 0 Å². The molecule has 0 saturated heterocycles. The number of halogens is 3. The van der Waals surface area contributed by atoms with Gasteiger partial charge in [-0.3, -0.25) is 4.39 Å². The van der Waals surface area contributed by atoms with Crippen molar-refractivity contribution in [2.75, 3.05) is 0 Å². The van der Waals surface area contributed by atoms with Crippen LogP contribution in [-0.4, -0.2) is 0 Å². The zero-order valence-corrected chi connectivity index (χ0v) is 9.63. The zero-order valence-electron chi connectivity index (χ0n) is 5.07. The predicted octanol–water partition coefficient (Wildman–Crippen LogP) is -1.23. The maximum atomic E-state index is 11.9. The Balaban J connectivity index is 0. The molecule has 0 saturated carbocycles. The Bertz CT molecular complexity index is 172. The van der Waals surface area contributed by atoms with Crippen molar-refractivity contribution in [1.29, 1.82) is 0 Å². The first-order valence-corrected chi connectivity index (χ1v) is 2.12. The molecule has 50 valence electrons. The second kappa shape index (κ2) is 5.93. The van der Waals surface area contributed by atoms with E-state index in [9.17, 15) is 8.78 Å². The summed E-state index contributed by atoms with van der Waals surface area (Å²) in [5.41, 5.74) is 0. The molecule has 10 heavy (non-hydrogen) atoms. The SMILES string of the molecule is Fc1c[c-]ccc1F.[Br-].[Zn+2]. The van der Waals surface area contributed by atoms with E-state index in [0.717, 1.165) is 12.1 Å². The van der Waals surface area contributed by atoms with E-state index in [1.807, 2.05) is 0 Å². The van der Waals surface area contributed by atoms with E-state index in [1.165, 1.54) is 6.07 Å². The molecule has 0 radical (unpaired) electrons. The van der Waals surface area contributed by atoms with Gasteiger partial charge in [0.1, 0.15) is 0 Å². The summed E-state index contributed by atoms with van der Waals surface area (Å²) < 4.78 is 23.8. The third kappa shape index (κ3) is 3.38. The van der Waals surface area contributed by atoms with Crippen molar-refractivity contribution in [3.63, 3.8) is 0 Å². The molecule has 0 bridgehead atoms. The van der Waals surface area contributed by atoms with Crippen LogP contribution in [0.5, 0.6) is 0 Å². The van der Waals surface area contributed by atoms with Gasteiger partial charge >= 0.3 is 19.5 Å². The van der Waals surface area contributed by atoms with Gasteiger partial charge < -0.3 is 17.0 Å². The second-order valence-electron chi connectivity index (χ2n) is 1.34. The molecule has 0 aromatic heterocycles. The van der Waals surface area contributed by atoms with E-state index in [0.29, 0.717) is 0 Å². The Labute approximate surface area is 81.2 Å². The van der Waals surface area contributed by atoms with Crippen molar-refractivity contribution in [2.45, 2.75) is 0 Å². The van der Waals surface area contributed by atoms with Crippen LogP contribution in [0.1, 0.15) is 0 Å². The maximum Gasteiger partial charge on any atom is 2.00 e. The van der Waals surface area contributed by atoms with Gasteiger partial charge in [0.25, 0.3) is 0 Å². The fourth-order valence-electron chi connectivity index (χ4n) is 0.391. The molecule has 0 aliphatic heterocycles. The molecule has 0 atom stereocenters. The second-order valence-corrected chi connectivity index (χ2v) is 1.34. The first-order chi connectivity index (χ1) is 3.80. The molecule has 0 N–H and O–H groups in total. The molecule has 0 fully saturated rings. The maximum absolute atomic E-state index is 11.9. The minimum absolute atomic E-state index is 0. The summed E-state index contributed by atoms with van der Waals surface area (Å²) in [6.07, 6.45) is 0. The van der Waals surface area contributed by atoms with E-state index in [2.05, 4.69) is 6.07 Å². The Morgan fingerprint density at radius 1 is 1.20 bits per heavy atom. The Morgan fingerprint density at radius 2 is 1.80 bits per heavy atom. The van der Waals surface area contributed by atoms with Gasteiger partial charge in [0.05, 0.1) is 0 Å². The first kappa shape index (κ1) is 12.8. The number of benzene rings is 1. The summed E-state index contributed by atoms with van der Waals surface area (Å²) in [5, 5.41) is 0. The van der Waals surface area contributed by atoms with E-state index >= 15 is 0 Å². The molecule has 0 nitrogen and oxygen atoms in total. The normalized spacial score (nSPS) is 7.40. The smallest absolute Gasteiger partial charge is 1.00 e. The molecule has 1 aromatic carbocycles. The van der Waals surface area contributed by atoms with E-state index < -0.39 is 11.6 Å². The Hall–Kier alpha value is 0.183. The van der Waals surface area contributed by atoms with Crippen molar-refractivity contribution >= 4 is 0 Å². The molecular weight excluding hydrogens is 255 g/mol. The minimum Gasteiger partial charge on any atom is -1.00 e.